The Hall–Kier alpha value is -2.70. The van der Waals surface area contributed by atoms with E-state index in [9.17, 15) is 18.0 Å². The van der Waals surface area contributed by atoms with E-state index < -0.39 is 16.1 Å². The smallest absolute Gasteiger partial charge is 0.414 e. The van der Waals surface area contributed by atoms with Crippen molar-refractivity contribution in [1.82, 2.24) is 9.80 Å². The number of sulfonamides is 1. The molecule has 11 nitrogen and oxygen atoms in total. The van der Waals surface area contributed by atoms with Crippen LogP contribution in [0.5, 0.6) is 0 Å². The van der Waals surface area contributed by atoms with E-state index in [0.29, 0.717) is 37.3 Å². The molecule has 1 amide bonds. The molecule has 2 fully saturated rings. The van der Waals surface area contributed by atoms with Crippen molar-refractivity contribution in [2.24, 2.45) is 10.1 Å². The Morgan fingerprint density at radius 2 is 1.81 bits per heavy atom. The zero-order valence-electron chi connectivity index (χ0n) is 18.3. The minimum Gasteiger partial charge on any atom is -0.469 e. The fraction of sp³-hybridized carbons (Fsp3) is 0.550. The molecule has 12 heteroatoms. The maximum absolute atomic E-state index is 12.4. The van der Waals surface area contributed by atoms with E-state index in [0.717, 1.165) is 32.4 Å². The number of amides is 1. The summed E-state index contributed by atoms with van der Waals surface area (Å²) in [6, 6.07) is 6.61. The third-order valence-electron chi connectivity index (χ3n) is 5.40. The molecular formula is C20H29N5O6S. The maximum atomic E-state index is 12.4. The average molecular weight is 468 g/mol. The van der Waals surface area contributed by atoms with Gasteiger partial charge in [0.25, 0.3) is 10.0 Å². The van der Waals surface area contributed by atoms with Crippen LogP contribution in [0, 0.1) is 0 Å². The number of carbonyl (C=O) groups is 2. The number of amidine groups is 1. The normalized spacial score (nSPS) is 20.9. The fourth-order valence-corrected chi connectivity index (χ4v) is 4.17. The fourth-order valence-electron chi connectivity index (χ4n) is 3.71. The summed E-state index contributed by atoms with van der Waals surface area (Å²) in [5.41, 5.74) is 6.81. The molecule has 0 bridgehead atoms. The molecule has 1 atom stereocenters. The van der Waals surface area contributed by atoms with E-state index in [2.05, 4.69) is 18.9 Å². The van der Waals surface area contributed by atoms with Crippen molar-refractivity contribution in [3.05, 3.63) is 29.8 Å². The number of cyclic esters (lactones) is 1. The molecular weight excluding hydrogens is 438 g/mol. The molecule has 0 radical (unpaired) electrons. The van der Waals surface area contributed by atoms with Crippen molar-refractivity contribution in [3.8, 4) is 0 Å². The van der Waals surface area contributed by atoms with Gasteiger partial charge in [-0.3, -0.25) is 14.6 Å². The van der Waals surface area contributed by atoms with Crippen molar-refractivity contribution in [2.45, 2.75) is 12.5 Å². The number of nitrogens with zero attached hydrogens (tertiary/aromatic N) is 4. The zero-order valence-corrected chi connectivity index (χ0v) is 19.1. The number of benzene rings is 1. The number of esters is 1. The Labute approximate surface area is 187 Å². The highest BCUT2D eigenvalue weighted by Gasteiger charge is 2.34. The number of carbonyl (C=O) groups excluding carboxylic acids is 2. The Kier molecular flexibility index (Phi) is 7.69. The van der Waals surface area contributed by atoms with E-state index >= 15 is 0 Å². The average Bonchev–Trinajstić information content (AvgIpc) is 3.11. The molecule has 2 aliphatic rings. The third kappa shape index (κ3) is 6.65. The topological polar surface area (TPSA) is 135 Å². The second kappa shape index (κ2) is 10.3. The number of anilines is 1. The van der Waals surface area contributed by atoms with E-state index in [1.807, 2.05) is 0 Å². The van der Waals surface area contributed by atoms with Crippen LogP contribution in [0.25, 0.3) is 0 Å². The summed E-state index contributed by atoms with van der Waals surface area (Å²) in [6.45, 7) is 5.11. The lowest BCUT2D eigenvalue weighted by atomic mass is 10.2. The second-order valence-electron chi connectivity index (χ2n) is 7.84. The molecule has 1 aromatic carbocycles. The molecule has 1 unspecified atom stereocenters. The standard InChI is InChI=1S/C20H29N5O6S/c1-30-18(26)7-8-23-9-11-24(12-10-23)13-17-14-25(20(27)31-17)16-5-3-15(4-6-16)19(21)22-32(2,28)29/h3-6,17H,7-14H2,1-2H3,(H2,21,22). The Balaban J connectivity index is 1.50. The Morgan fingerprint density at radius 3 is 2.41 bits per heavy atom. The lowest BCUT2D eigenvalue weighted by Gasteiger charge is -2.35. The molecule has 2 heterocycles. The Bertz CT molecular complexity index is 957. The van der Waals surface area contributed by atoms with Crippen LogP contribution in [-0.4, -0.2) is 101 Å². The van der Waals surface area contributed by atoms with Gasteiger partial charge in [0.2, 0.25) is 0 Å². The molecule has 0 spiro atoms. The first-order chi connectivity index (χ1) is 15.1. The minimum atomic E-state index is -3.59. The van der Waals surface area contributed by atoms with Gasteiger partial charge < -0.3 is 20.1 Å². The number of rotatable bonds is 8. The zero-order chi connectivity index (χ0) is 23.3. The number of piperazine rings is 1. The van der Waals surface area contributed by atoms with Gasteiger partial charge in [-0.05, 0) is 24.3 Å². The first-order valence-electron chi connectivity index (χ1n) is 10.3. The van der Waals surface area contributed by atoms with Crippen LogP contribution in [-0.2, 0) is 24.3 Å². The van der Waals surface area contributed by atoms with Gasteiger partial charge in [0.15, 0.2) is 0 Å². The van der Waals surface area contributed by atoms with Gasteiger partial charge in [-0.2, -0.15) is 0 Å². The van der Waals surface area contributed by atoms with Crippen molar-refractivity contribution in [2.75, 3.05) is 64.1 Å². The summed E-state index contributed by atoms with van der Waals surface area (Å²) in [5, 5.41) is 0. The van der Waals surface area contributed by atoms with Crippen LogP contribution in [0.3, 0.4) is 0 Å². The van der Waals surface area contributed by atoms with Crippen molar-refractivity contribution >= 4 is 33.6 Å². The van der Waals surface area contributed by atoms with Crippen LogP contribution in [0.2, 0.25) is 0 Å². The lowest BCUT2D eigenvalue weighted by molar-refractivity contribution is -0.141. The van der Waals surface area contributed by atoms with Crippen LogP contribution in [0.4, 0.5) is 10.5 Å². The molecule has 2 N–H and O–H groups in total. The summed E-state index contributed by atoms with van der Waals surface area (Å²) in [6.07, 6.45) is 0.686. The molecule has 2 aliphatic heterocycles. The predicted octanol–water partition coefficient (Wildman–Crippen LogP) is -0.143. The Morgan fingerprint density at radius 1 is 1.19 bits per heavy atom. The number of methoxy groups -OCH3 is 1. The highest BCUT2D eigenvalue weighted by atomic mass is 32.2. The summed E-state index contributed by atoms with van der Waals surface area (Å²) in [7, 11) is -2.20. The second-order valence-corrected chi connectivity index (χ2v) is 9.49. The SMILES string of the molecule is COC(=O)CCN1CCN(CC2CN(c3ccc(/C(N)=N/S(C)(=O)=O)cc3)C(=O)O2)CC1. The van der Waals surface area contributed by atoms with Gasteiger partial charge in [0.05, 0.1) is 26.3 Å². The van der Waals surface area contributed by atoms with Gasteiger partial charge >= 0.3 is 12.1 Å². The predicted molar refractivity (Wildman–Crippen MR) is 119 cm³/mol. The summed E-state index contributed by atoms with van der Waals surface area (Å²) < 4.78 is 36.2. The van der Waals surface area contributed by atoms with Crippen LogP contribution in [0.1, 0.15) is 12.0 Å². The van der Waals surface area contributed by atoms with Crippen molar-refractivity contribution in [3.63, 3.8) is 0 Å². The largest absolute Gasteiger partial charge is 0.469 e. The number of ether oxygens (including phenoxy) is 2. The first-order valence-corrected chi connectivity index (χ1v) is 12.1. The lowest BCUT2D eigenvalue weighted by Crippen LogP contribution is -2.49. The molecule has 2 saturated heterocycles. The molecule has 0 aromatic heterocycles. The number of hydrogen-bond donors (Lipinski definition) is 1. The molecule has 0 aliphatic carbocycles. The molecule has 3 rings (SSSR count). The highest BCUT2D eigenvalue weighted by Crippen LogP contribution is 2.23. The molecule has 1 aromatic rings. The van der Waals surface area contributed by atoms with Gasteiger partial charge in [-0.25, -0.2) is 13.2 Å². The number of hydrogen-bond acceptors (Lipinski definition) is 8. The summed E-state index contributed by atoms with van der Waals surface area (Å²) in [5.74, 6) is -0.310. The van der Waals surface area contributed by atoms with E-state index in [1.165, 1.54) is 7.11 Å². The summed E-state index contributed by atoms with van der Waals surface area (Å²) in [4.78, 5) is 29.7. The first kappa shape index (κ1) is 24.0. The molecule has 32 heavy (non-hydrogen) atoms. The van der Waals surface area contributed by atoms with E-state index in [1.54, 1.807) is 29.2 Å². The highest BCUT2D eigenvalue weighted by molar-refractivity contribution is 7.89. The van der Waals surface area contributed by atoms with Gasteiger partial charge in [-0.1, -0.05) is 0 Å². The minimum absolute atomic E-state index is 0.105. The van der Waals surface area contributed by atoms with Crippen molar-refractivity contribution in [1.29, 1.82) is 0 Å². The molecule has 0 saturated carbocycles. The number of nitrogens with two attached hydrogens (primary N) is 1. The molecule has 176 valence electrons. The van der Waals surface area contributed by atoms with Crippen molar-refractivity contribution < 1.29 is 27.5 Å². The van der Waals surface area contributed by atoms with Crippen LogP contribution < -0.4 is 10.6 Å². The quantitative estimate of drug-likeness (QED) is 0.315. The van der Waals surface area contributed by atoms with E-state index in [-0.39, 0.29) is 17.9 Å². The monoisotopic (exact) mass is 467 g/mol. The maximum Gasteiger partial charge on any atom is 0.414 e. The van der Waals surface area contributed by atoms with Gasteiger partial charge in [-0.15, -0.1) is 4.40 Å². The third-order valence-corrected chi connectivity index (χ3v) is 5.93. The van der Waals surface area contributed by atoms with Crippen LogP contribution in [0.15, 0.2) is 28.7 Å². The van der Waals surface area contributed by atoms with Gasteiger partial charge in [0, 0.05) is 50.5 Å². The van der Waals surface area contributed by atoms with E-state index in [4.69, 9.17) is 10.5 Å². The van der Waals surface area contributed by atoms with Gasteiger partial charge in [0.1, 0.15) is 11.9 Å². The summed E-state index contributed by atoms with van der Waals surface area (Å²) >= 11 is 0. The van der Waals surface area contributed by atoms with Crippen LogP contribution >= 0.6 is 0 Å².